The molecule has 0 aliphatic carbocycles. The first kappa shape index (κ1) is 15.7. The Balaban J connectivity index is 3.02. The zero-order valence-electron chi connectivity index (χ0n) is 11.5. The van der Waals surface area contributed by atoms with Crippen LogP contribution in [0, 0.1) is 0 Å². The molecular formula is C12H18N2O4S. The summed E-state index contributed by atoms with van der Waals surface area (Å²) in [6.45, 7) is 5.53. The van der Waals surface area contributed by atoms with Crippen LogP contribution in [0.1, 0.15) is 20.8 Å². The highest BCUT2D eigenvalue weighted by molar-refractivity contribution is 8.00. The highest BCUT2D eigenvalue weighted by Crippen LogP contribution is 2.28. The van der Waals surface area contributed by atoms with Gasteiger partial charge in [-0.25, -0.2) is 4.79 Å². The molecule has 106 valence electrons. The zero-order valence-corrected chi connectivity index (χ0v) is 12.3. The smallest absolute Gasteiger partial charge is 0.329 e. The lowest BCUT2D eigenvalue weighted by atomic mass is 10.3. The number of hydrogen-bond acceptors (Lipinski definition) is 5. The van der Waals surface area contributed by atoms with E-state index in [0.717, 1.165) is 4.57 Å². The van der Waals surface area contributed by atoms with E-state index in [2.05, 4.69) is 9.72 Å². The summed E-state index contributed by atoms with van der Waals surface area (Å²) in [5.74, 6) is -0.327. The average molecular weight is 286 g/mol. The summed E-state index contributed by atoms with van der Waals surface area (Å²) in [5, 5.41) is 0.498. The second kappa shape index (κ2) is 6.21. The van der Waals surface area contributed by atoms with Crippen LogP contribution in [0.5, 0.6) is 0 Å². The van der Waals surface area contributed by atoms with Crippen molar-refractivity contribution in [1.29, 1.82) is 0 Å². The number of H-pyrrole nitrogens is 1. The number of thioether (sulfide) groups is 1. The van der Waals surface area contributed by atoms with Crippen LogP contribution in [0.2, 0.25) is 0 Å². The van der Waals surface area contributed by atoms with Crippen LogP contribution in [0.4, 0.5) is 0 Å². The maximum atomic E-state index is 11.8. The molecule has 6 nitrogen and oxygen atoms in total. The van der Waals surface area contributed by atoms with E-state index in [-0.39, 0.29) is 23.7 Å². The maximum absolute atomic E-state index is 11.8. The van der Waals surface area contributed by atoms with E-state index in [0.29, 0.717) is 5.03 Å². The van der Waals surface area contributed by atoms with E-state index in [1.165, 1.54) is 24.9 Å². The van der Waals surface area contributed by atoms with E-state index in [1.54, 1.807) is 0 Å². The van der Waals surface area contributed by atoms with Crippen molar-refractivity contribution in [2.45, 2.75) is 37.1 Å². The molecule has 0 unspecified atom stereocenters. The average Bonchev–Trinajstić information content (AvgIpc) is 2.21. The van der Waals surface area contributed by atoms with Crippen molar-refractivity contribution in [3.8, 4) is 0 Å². The van der Waals surface area contributed by atoms with Crippen molar-refractivity contribution in [2.24, 2.45) is 0 Å². The topological polar surface area (TPSA) is 81.2 Å². The van der Waals surface area contributed by atoms with Gasteiger partial charge >= 0.3 is 5.69 Å². The molecule has 0 saturated carbocycles. The molecule has 0 aliphatic rings. The standard InChI is InChI=1S/C12H18N2O4S/c1-12(2,3)19-9-5-10(16)14(11(17)13-9)6-8(15)7-18-4/h5H,6-7H2,1-4H3,(H,13,17). The van der Waals surface area contributed by atoms with Crippen LogP contribution in [0.15, 0.2) is 20.7 Å². The molecule has 1 aromatic heterocycles. The Morgan fingerprint density at radius 3 is 2.53 bits per heavy atom. The Kier molecular flexibility index (Phi) is 5.13. The van der Waals surface area contributed by atoms with E-state index < -0.39 is 11.2 Å². The lowest BCUT2D eigenvalue weighted by Gasteiger charge is -2.17. The van der Waals surface area contributed by atoms with E-state index >= 15 is 0 Å². The SMILES string of the molecule is COCC(=O)Cn1c(=O)cc(SC(C)(C)C)[nH]c1=O. The summed E-state index contributed by atoms with van der Waals surface area (Å²) >= 11 is 1.39. The van der Waals surface area contributed by atoms with E-state index in [4.69, 9.17) is 0 Å². The Labute approximate surface area is 115 Å². The number of hydrogen-bond donors (Lipinski definition) is 1. The fourth-order valence-electron chi connectivity index (χ4n) is 1.42. The molecule has 0 fully saturated rings. The van der Waals surface area contributed by atoms with Crippen LogP contribution < -0.4 is 11.2 Å². The fraction of sp³-hybridized carbons (Fsp3) is 0.583. The predicted molar refractivity (Wildman–Crippen MR) is 73.8 cm³/mol. The molecule has 0 spiro atoms. The van der Waals surface area contributed by atoms with E-state index in [1.807, 2.05) is 20.8 Å². The first-order chi connectivity index (χ1) is 8.73. The molecule has 0 bridgehead atoms. The highest BCUT2D eigenvalue weighted by atomic mass is 32.2. The fourth-order valence-corrected chi connectivity index (χ4v) is 2.37. The number of nitrogens with zero attached hydrogens (tertiary/aromatic N) is 1. The zero-order chi connectivity index (χ0) is 14.6. The van der Waals surface area contributed by atoms with Crippen LogP contribution in [0.25, 0.3) is 0 Å². The number of methoxy groups -OCH3 is 1. The van der Waals surface area contributed by atoms with Crippen molar-refractivity contribution in [3.05, 3.63) is 26.9 Å². The molecule has 0 amide bonds. The van der Waals surface area contributed by atoms with E-state index in [9.17, 15) is 14.4 Å². The van der Waals surface area contributed by atoms with Crippen LogP contribution >= 0.6 is 11.8 Å². The molecular weight excluding hydrogens is 268 g/mol. The first-order valence-electron chi connectivity index (χ1n) is 5.77. The van der Waals surface area contributed by atoms with Gasteiger partial charge in [0.2, 0.25) is 0 Å². The van der Waals surface area contributed by atoms with Gasteiger partial charge in [-0.05, 0) is 0 Å². The number of carbonyl (C=O) groups excluding carboxylic acids is 1. The number of aromatic nitrogens is 2. The molecule has 0 saturated heterocycles. The number of nitrogens with one attached hydrogen (secondary N) is 1. The lowest BCUT2D eigenvalue weighted by Crippen LogP contribution is -2.38. The highest BCUT2D eigenvalue weighted by Gasteiger charge is 2.15. The largest absolute Gasteiger partial charge is 0.377 e. The summed E-state index contributed by atoms with van der Waals surface area (Å²) in [6, 6.07) is 1.33. The van der Waals surface area contributed by atoms with Gasteiger partial charge in [0.15, 0.2) is 5.78 Å². The van der Waals surface area contributed by atoms with Gasteiger partial charge in [0.1, 0.15) is 6.61 Å². The second-order valence-electron chi connectivity index (χ2n) is 5.05. The molecule has 1 aromatic rings. The van der Waals surface area contributed by atoms with Crippen molar-refractivity contribution < 1.29 is 9.53 Å². The predicted octanol–water partition coefficient (Wildman–Crippen LogP) is 0.643. The number of ether oxygens (including phenoxy) is 1. The summed E-state index contributed by atoms with van der Waals surface area (Å²) in [5.41, 5.74) is -1.07. The van der Waals surface area contributed by atoms with Gasteiger partial charge in [0.05, 0.1) is 11.6 Å². The van der Waals surface area contributed by atoms with Gasteiger partial charge in [-0.3, -0.25) is 14.2 Å². The molecule has 0 atom stereocenters. The number of ketones is 1. The van der Waals surface area contributed by atoms with Crippen molar-refractivity contribution >= 4 is 17.5 Å². The van der Waals surface area contributed by atoms with Crippen LogP contribution in [-0.4, -0.2) is 33.8 Å². The van der Waals surface area contributed by atoms with Gasteiger partial charge in [0, 0.05) is 17.9 Å². The van der Waals surface area contributed by atoms with Crippen LogP contribution in [-0.2, 0) is 16.1 Å². The van der Waals surface area contributed by atoms with Gasteiger partial charge in [0.25, 0.3) is 5.56 Å². The number of Topliss-reactive ketones (excluding diaryl/α,β-unsaturated/α-hetero) is 1. The molecule has 0 aliphatic heterocycles. The Morgan fingerprint density at radius 1 is 1.42 bits per heavy atom. The molecule has 19 heavy (non-hydrogen) atoms. The molecule has 7 heteroatoms. The minimum atomic E-state index is -0.580. The lowest BCUT2D eigenvalue weighted by molar-refractivity contribution is -0.123. The Hall–Kier alpha value is -1.34. The van der Waals surface area contributed by atoms with Gasteiger partial charge in [-0.2, -0.15) is 0 Å². The van der Waals surface area contributed by atoms with Crippen molar-refractivity contribution in [3.63, 3.8) is 0 Å². The van der Waals surface area contributed by atoms with Gasteiger partial charge < -0.3 is 9.72 Å². The summed E-state index contributed by atoms with van der Waals surface area (Å²) < 4.78 is 5.42. The quantitative estimate of drug-likeness (QED) is 0.634. The normalized spacial score (nSPS) is 11.6. The third-order valence-electron chi connectivity index (χ3n) is 2.05. The molecule has 1 rings (SSSR count). The third-order valence-corrected chi connectivity index (χ3v) is 3.10. The third kappa shape index (κ3) is 5.04. The van der Waals surface area contributed by atoms with Crippen LogP contribution in [0.3, 0.4) is 0 Å². The minimum absolute atomic E-state index is 0.118. The minimum Gasteiger partial charge on any atom is -0.377 e. The van der Waals surface area contributed by atoms with Gasteiger partial charge in [-0.15, -0.1) is 11.8 Å². The molecule has 1 N–H and O–H groups in total. The number of aromatic amines is 1. The van der Waals surface area contributed by atoms with Crippen molar-refractivity contribution in [1.82, 2.24) is 9.55 Å². The second-order valence-corrected chi connectivity index (χ2v) is 6.92. The summed E-state index contributed by atoms with van der Waals surface area (Å²) in [6.07, 6.45) is 0. The molecule has 0 aromatic carbocycles. The Morgan fingerprint density at radius 2 is 2.05 bits per heavy atom. The molecule has 1 heterocycles. The maximum Gasteiger partial charge on any atom is 0.329 e. The van der Waals surface area contributed by atoms with Crippen molar-refractivity contribution in [2.75, 3.05) is 13.7 Å². The summed E-state index contributed by atoms with van der Waals surface area (Å²) in [7, 11) is 1.38. The first-order valence-corrected chi connectivity index (χ1v) is 6.58. The van der Waals surface area contributed by atoms with Gasteiger partial charge in [-0.1, -0.05) is 20.8 Å². The number of rotatable bonds is 5. The Bertz CT molecular complexity index is 537. The monoisotopic (exact) mass is 286 g/mol. The summed E-state index contributed by atoms with van der Waals surface area (Å²) in [4.78, 5) is 37.6. The number of carbonyl (C=O) groups is 1. The molecule has 0 radical (unpaired) electrons.